The molecule has 0 aliphatic carbocycles. The second kappa shape index (κ2) is 10.7. The molecule has 1 rings (SSSR count). The minimum absolute atomic E-state index is 0. The van der Waals surface area contributed by atoms with E-state index >= 15 is 0 Å². The summed E-state index contributed by atoms with van der Waals surface area (Å²) in [6.07, 6.45) is 0. The molecule has 21 heavy (non-hydrogen) atoms. The number of aliphatic imine (C=N–C) groups is 1. The molecule has 1 aromatic carbocycles. The number of aryl methyl sites for hydroxylation is 1. The van der Waals surface area contributed by atoms with Gasteiger partial charge in [-0.25, -0.2) is 4.99 Å². The zero-order valence-electron chi connectivity index (χ0n) is 13.7. The van der Waals surface area contributed by atoms with Crippen molar-refractivity contribution in [1.29, 1.82) is 0 Å². The van der Waals surface area contributed by atoms with Gasteiger partial charge in [0.15, 0.2) is 5.96 Å². The first-order valence-corrected chi connectivity index (χ1v) is 7.22. The van der Waals surface area contributed by atoms with Gasteiger partial charge >= 0.3 is 0 Å². The molecule has 0 aliphatic heterocycles. The first-order chi connectivity index (χ1) is 9.56. The predicted octanol–water partition coefficient (Wildman–Crippen LogP) is 3.33. The summed E-state index contributed by atoms with van der Waals surface area (Å²) < 4.78 is 5.41. The number of benzene rings is 1. The molecule has 0 unspecified atom stereocenters. The summed E-state index contributed by atoms with van der Waals surface area (Å²) in [7, 11) is 1.70. The third-order valence-corrected chi connectivity index (χ3v) is 2.87. The zero-order valence-corrected chi connectivity index (χ0v) is 16.0. The average Bonchev–Trinajstić information content (AvgIpc) is 2.42. The topological polar surface area (TPSA) is 45.7 Å². The Morgan fingerprint density at radius 2 is 2.00 bits per heavy atom. The fourth-order valence-corrected chi connectivity index (χ4v) is 1.79. The molecule has 4 nitrogen and oxygen atoms in total. The summed E-state index contributed by atoms with van der Waals surface area (Å²) in [6.45, 7) is 10.9. The lowest BCUT2D eigenvalue weighted by Gasteiger charge is -2.13. The van der Waals surface area contributed by atoms with Gasteiger partial charge in [-0.3, -0.25) is 0 Å². The molecule has 0 aliphatic rings. The Balaban J connectivity index is 0.00000400. The molecule has 120 valence electrons. The summed E-state index contributed by atoms with van der Waals surface area (Å²) >= 11 is 0. The van der Waals surface area contributed by atoms with E-state index in [1.165, 1.54) is 5.56 Å². The quantitative estimate of drug-likeness (QED) is 0.434. The summed E-state index contributed by atoms with van der Waals surface area (Å²) in [6, 6.07) is 6.20. The van der Waals surface area contributed by atoms with Crippen molar-refractivity contribution in [2.75, 3.05) is 20.2 Å². The summed E-state index contributed by atoms with van der Waals surface area (Å²) in [5.74, 6) is 2.34. The van der Waals surface area contributed by atoms with Crippen LogP contribution in [-0.4, -0.2) is 26.2 Å². The Bertz CT molecular complexity index is 447. The van der Waals surface area contributed by atoms with Crippen LogP contribution in [-0.2, 0) is 6.54 Å². The van der Waals surface area contributed by atoms with Crippen LogP contribution >= 0.6 is 24.0 Å². The minimum atomic E-state index is 0. The minimum Gasteiger partial charge on any atom is -0.496 e. The van der Waals surface area contributed by atoms with E-state index in [0.717, 1.165) is 30.4 Å². The second-order valence-electron chi connectivity index (χ2n) is 5.29. The van der Waals surface area contributed by atoms with Crippen molar-refractivity contribution >= 4 is 29.9 Å². The molecule has 0 atom stereocenters. The molecule has 0 radical (unpaired) electrons. The number of hydrogen-bond donors (Lipinski definition) is 2. The highest BCUT2D eigenvalue weighted by Crippen LogP contribution is 2.20. The first-order valence-electron chi connectivity index (χ1n) is 7.22. The van der Waals surface area contributed by atoms with Crippen LogP contribution < -0.4 is 15.4 Å². The molecule has 5 heteroatoms. The number of nitrogens with one attached hydrogen (secondary N) is 2. The lowest BCUT2D eigenvalue weighted by Crippen LogP contribution is -2.39. The molecule has 0 aromatic heterocycles. The molecular formula is C16H28IN3O. The van der Waals surface area contributed by atoms with E-state index in [2.05, 4.69) is 55.5 Å². The Kier molecular flexibility index (Phi) is 10.2. The van der Waals surface area contributed by atoms with E-state index in [1.807, 2.05) is 6.07 Å². The van der Waals surface area contributed by atoms with E-state index in [9.17, 15) is 0 Å². The van der Waals surface area contributed by atoms with E-state index < -0.39 is 0 Å². The number of guanidine groups is 1. The van der Waals surface area contributed by atoms with Crippen molar-refractivity contribution < 1.29 is 4.74 Å². The largest absolute Gasteiger partial charge is 0.496 e. The zero-order chi connectivity index (χ0) is 15.0. The number of nitrogens with zero attached hydrogens (tertiary/aromatic N) is 1. The Morgan fingerprint density at radius 3 is 2.57 bits per heavy atom. The summed E-state index contributed by atoms with van der Waals surface area (Å²) in [5, 5.41) is 6.59. The van der Waals surface area contributed by atoms with Crippen molar-refractivity contribution in [3.8, 4) is 5.75 Å². The van der Waals surface area contributed by atoms with Crippen LogP contribution in [0.25, 0.3) is 0 Å². The van der Waals surface area contributed by atoms with Gasteiger partial charge in [-0.1, -0.05) is 26.0 Å². The molecule has 0 fully saturated rings. The Labute approximate surface area is 145 Å². The van der Waals surface area contributed by atoms with Crippen LogP contribution in [0.15, 0.2) is 23.2 Å². The SMILES string of the molecule is CCNC(=NCc1ccc(C)cc1OC)NCC(C)C.I. The number of rotatable bonds is 6. The van der Waals surface area contributed by atoms with Crippen molar-refractivity contribution in [3.63, 3.8) is 0 Å². The van der Waals surface area contributed by atoms with Crippen molar-refractivity contribution in [1.82, 2.24) is 10.6 Å². The van der Waals surface area contributed by atoms with Crippen LogP contribution in [0.5, 0.6) is 5.75 Å². The van der Waals surface area contributed by atoms with E-state index in [1.54, 1.807) is 7.11 Å². The van der Waals surface area contributed by atoms with Crippen molar-refractivity contribution in [2.45, 2.75) is 34.2 Å². The molecule has 0 amide bonds. The smallest absolute Gasteiger partial charge is 0.191 e. The molecule has 0 saturated heterocycles. The molecule has 2 N–H and O–H groups in total. The third kappa shape index (κ3) is 7.55. The maximum absolute atomic E-state index is 5.41. The molecule has 0 saturated carbocycles. The standard InChI is InChI=1S/C16H27N3O.HI/c1-6-17-16(18-10-12(2)3)19-11-14-8-7-13(4)9-15(14)20-5;/h7-9,12H,6,10-11H2,1-5H3,(H2,17,18,19);1H. The van der Waals surface area contributed by atoms with E-state index in [-0.39, 0.29) is 24.0 Å². The highest BCUT2D eigenvalue weighted by atomic mass is 127. The van der Waals surface area contributed by atoms with Crippen molar-refractivity contribution in [3.05, 3.63) is 29.3 Å². The molecule has 0 bridgehead atoms. The van der Waals surface area contributed by atoms with Gasteiger partial charge in [-0.15, -0.1) is 24.0 Å². The van der Waals surface area contributed by atoms with Crippen LogP contribution in [0.1, 0.15) is 31.9 Å². The van der Waals surface area contributed by atoms with Gasteiger partial charge in [0, 0.05) is 18.7 Å². The van der Waals surface area contributed by atoms with Crippen LogP contribution in [0.4, 0.5) is 0 Å². The number of halogens is 1. The predicted molar refractivity (Wildman–Crippen MR) is 101 cm³/mol. The Morgan fingerprint density at radius 1 is 1.29 bits per heavy atom. The lowest BCUT2D eigenvalue weighted by molar-refractivity contribution is 0.409. The van der Waals surface area contributed by atoms with Gasteiger partial charge in [0.1, 0.15) is 5.75 Å². The molecule has 0 heterocycles. The van der Waals surface area contributed by atoms with E-state index in [0.29, 0.717) is 12.5 Å². The van der Waals surface area contributed by atoms with Crippen LogP contribution in [0, 0.1) is 12.8 Å². The summed E-state index contributed by atoms with van der Waals surface area (Å²) in [4.78, 5) is 4.61. The van der Waals surface area contributed by atoms with Gasteiger partial charge < -0.3 is 15.4 Å². The first kappa shape index (κ1) is 20.0. The van der Waals surface area contributed by atoms with Crippen LogP contribution in [0.3, 0.4) is 0 Å². The normalized spacial score (nSPS) is 11.0. The maximum atomic E-state index is 5.41. The van der Waals surface area contributed by atoms with Gasteiger partial charge in [-0.2, -0.15) is 0 Å². The highest BCUT2D eigenvalue weighted by molar-refractivity contribution is 14.0. The lowest BCUT2D eigenvalue weighted by atomic mass is 10.1. The average molecular weight is 405 g/mol. The van der Waals surface area contributed by atoms with Crippen molar-refractivity contribution in [2.24, 2.45) is 10.9 Å². The molecule has 1 aromatic rings. The van der Waals surface area contributed by atoms with Crippen LogP contribution in [0.2, 0.25) is 0 Å². The number of hydrogen-bond acceptors (Lipinski definition) is 2. The molecular weight excluding hydrogens is 377 g/mol. The van der Waals surface area contributed by atoms with Gasteiger partial charge in [0.05, 0.1) is 13.7 Å². The maximum Gasteiger partial charge on any atom is 0.191 e. The monoisotopic (exact) mass is 405 g/mol. The second-order valence-corrected chi connectivity index (χ2v) is 5.29. The highest BCUT2D eigenvalue weighted by Gasteiger charge is 2.04. The number of methoxy groups -OCH3 is 1. The van der Waals surface area contributed by atoms with E-state index in [4.69, 9.17) is 4.74 Å². The van der Waals surface area contributed by atoms with Gasteiger partial charge in [0.2, 0.25) is 0 Å². The number of ether oxygens (including phenoxy) is 1. The Hall–Kier alpha value is -0.980. The third-order valence-electron chi connectivity index (χ3n) is 2.87. The van der Waals surface area contributed by atoms with Gasteiger partial charge in [0.25, 0.3) is 0 Å². The van der Waals surface area contributed by atoms with Gasteiger partial charge in [-0.05, 0) is 31.4 Å². The summed E-state index contributed by atoms with van der Waals surface area (Å²) in [5.41, 5.74) is 2.29. The fraction of sp³-hybridized carbons (Fsp3) is 0.562. The molecule has 0 spiro atoms. The fourth-order valence-electron chi connectivity index (χ4n) is 1.79.